The van der Waals surface area contributed by atoms with Gasteiger partial charge in [-0.1, -0.05) is 24.3 Å². The first-order chi connectivity index (χ1) is 8.34. The molecule has 3 N–H and O–H groups in total. The van der Waals surface area contributed by atoms with E-state index in [9.17, 15) is 5.11 Å². The topological polar surface area (TPSA) is 36.8 Å². The Morgan fingerprint density at radius 2 is 1.82 bits per heavy atom. The lowest BCUT2D eigenvalue weighted by Crippen LogP contribution is -2.86. The molecule has 0 unspecified atom stereocenters. The van der Waals surface area contributed by atoms with Crippen LogP contribution in [-0.4, -0.2) is 11.7 Å². The summed E-state index contributed by atoms with van der Waals surface area (Å²) in [6.45, 7) is 1.18. The molecule has 0 aromatic heterocycles. The quantitative estimate of drug-likeness (QED) is 0.772. The van der Waals surface area contributed by atoms with Gasteiger partial charge in [-0.15, -0.1) is 0 Å². The SMILES string of the molecule is Oc1cc2ccccc2cc1[C@H]1CCCC[NH2+]1. The molecular weight excluding hydrogens is 210 g/mol. The molecule has 2 aromatic carbocycles. The average molecular weight is 228 g/mol. The predicted molar refractivity (Wildman–Crippen MR) is 69.0 cm³/mol. The number of phenolic OH excluding ortho intramolecular Hbond substituents is 1. The molecule has 0 aliphatic carbocycles. The first kappa shape index (κ1) is 10.6. The maximum absolute atomic E-state index is 10.1. The fourth-order valence-corrected chi connectivity index (χ4v) is 2.77. The highest BCUT2D eigenvalue weighted by molar-refractivity contribution is 5.85. The molecule has 0 saturated carbocycles. The van der Waals surface area contributed by atoms with Crippen molar-refractivity contribution >= 4 is 10.8 Å². The summed E-state index contributed by atoms with van der Waals surface area (Å²) in [5.74, 6) is 0.451. The standard InChI is InChI=1S/C15H17NO/c17-15-10-12-6-2-1-5-11(12)9-13(15)14-7-3-4-8-16-14/h1-2,5-6,9-10,14,16-17H,3-4,7-8H2/p+1/t14-/m1/s1. The van der Waals surface area contributed by atoms with Gasteiger partial charge in [0.25, 0.3) is 0 Å². The highest BCUT2D eigenvalue weighted by Gasteiger charge is 2.21. The zero-order valence-electron chi connectivity index (χ0n) is 9.89. The number of hydrogen-bond donors (Lipinski definition) is 2. The van der Waals surface area contributed by atoms with E-state index in [1.54, 1.807) is 0 Å². The molecular formula is C15H18NO+. The number of rotatable bonds is 1. The van der Waals surface area contributed by atoms with Crippen LogP contribution in [0.1, 0.15) is 30.9 Å². The Morgan fingerprint density at radius 3 is 2.53 bits per heavy atom. The maximum Gasteiger partial charge on any atom is 0.125 e. The minimum Gasteiger partial charge on any atom is -0.507 e. The predicted octanol–water partition coefficient (Wildman–Crippen LogP) is 2.33. The van der Waals surface area contributed by atoms with Gasteiger partial charge in [-0.05, 0) is 35.7 Å². The van der Waals surface area contributed by atoms with E-state index in [1.807, 2.05) is 24.3 Å². The lowest BCUT2D eigenvalue weighted by atomic mass is 9.94. The molecule has 0 spiro atoms. The van der Waals surface area contributed by atoms with Gasteiger partial charge in [-0.25, -0.2) is 0 Å². The summed E-state index contributed by atoms with van der Waals surface area (Å²) in [6, 6.07) is 12.7. The zero-order valence-corrected chi connectivity index (χ0v) is 9.89. The summed E-state index contributed by atoms with van der Waals surface area (Å²) in [4.78, 5) is 0. The smallest absolute Gasteiger partial charge is 0.125 e. The Morgan fingerprint density at radius 1 is 1.06 bits per heavy atom. The highest BCUT2D eigenvalue weighted by Crippen LogP contribution is 2.30. The van der Waals surface area contributed by atoms with E-state index in [0.717, 1.165) is 10.9 Å². The Bertz CT molecular complexity index is 529. The third kappa shape index (κ3) is 2.01. The van der Waals surface area contributed by atoms with Crippen molar-refractivity contribution in [1.82, 2.24) is 0 Å². The second kappa shape index (κ2) is 4.38. The van der Waals surface area contributed by atoms with Crippen LogP contribution in [-0.2, 0) is 0 Å². The van der Waals surface area contributed by atoms with Gasteiger partial charge in [0.05, 0.1) is 12.1 Å². The summed E-state index contributed by atoms with van der Waals surface area (Å²) in [5.41, 5.74) is 1.10. The molecule has 0 radical (unpaired) electrons. The van der Waals surface area contributed by atoms with Crippen molar-refractivity contribution in [2.45, 2.75) is 25.3 Å². The molecule has 1 aliphatic heterocycles. The first-order valence-electron chi connectivity index (χ1n) is 6.39. The molecule has 2 aromatic rings. The monoisotopic (exact) mass is 228 g/mol. The number of phenols is 1. The van der Waals surface area contributed by atoms with Gasteiger partial charge in [0, 0.05) is 6.42 Å². The molecule has 3 rings (SSSR count). The highest BCUT2D eigenvalue weighted by atomic mass is 16.3. The second-order valence-electron chi connectivity index (χ2n) is 4.88. The number of quaternary nitrogens is 1. The molecule has 2 heteroatoms. The Hall–Kier alpha value is -1.54. The van der Waals surface area contributed by atoms with Crippen LogP contribution in [0, 0.1) is 0 Å². The minimum absolute atomic E-state index is 0.438. The number of benzene rings is 2. The third-order valence-corrected chi connectivity index (χ3v) is 3.71. The van der Waals surface area contributed by atoms with E-state index in [2.05, 4.69) is 17.4 Å². The molecule has 17 heavy (non-hydrogen) atoms. The molecule has 0 bridgehead atoms. The van der Waals surface area contributed by atoms with Gasteiger partial charge in [0.2, 0.25) is 0 Å². The molecule has 1 saturated heterocycles. The van der Waals surface area contributed by atoms with Gasteiger partial charge in [0.15, 0.2) is 0 Å². The van der Waals surface area contributed by atoms with Gasteiger partial charge >= 0.3 is 0 Å². The molecule has 1 heterocycles. The summed E-state index contributed by atoms with van der Waals surface area (Å²) >= 11 is 0. The van der Waals surface area contributed by atoms with Crippen molar-refractivity contribution in [2.24, 2.45) is 0 Å². The third-order valence-electron chi connectivity index (χ3n) is 3.71. The van der Waals surface area contributed by atoms with E-state index < -0.39 is 0 Å². The molecule has 88 valence electrons. The number of nitrogens with two attached hydrogens (primary N) is 1. The molecule has 1 atom stereocenters. The van der Waals surface area contributed by atoms with Crippen LogP contribution in [0.2, 0.25) is 0 Å². The van der Waals surface area contributed by atoms with Crippen molar-refractivity contribution in [3.05, 3.63) is 42.0 Å². The number of piperidine rings is 1. The fourth-order valence-electron chi connectivity index (χ4n) is 2.77. The van der Waals surface area contributed by atoms with E-state index in [1.165, 1.54) is 31.2 Å². The van der Waals surface area contributed by atoms with Crippen LogP contribution in [0.25, 0.3) is 10.8 Å². The van der Waals surface area contributed by atoms with Gasteiger partial charge in [-0.2, -0.15) is 0 Å². The first-order valence-corrected chi connectivity index (χ1v) is 6.39. The van der Waals surface area contributed by atoms with Crippen molar-refractivity contribution in [1.29, 1.82) is 0 Å². The summed E-state index contributed by atoms with van der Waals surface area (Å²) in [7, 11) is 0. The van der Waals surface area contributed by atoms with Crippen LogP contribution in [0.5, 0.6) is 5.75 Å². The van der Waals surface area contributed by atoms with Crippen molar-refractivity contribution in [3.8, 4) is 5.75 Å². The lowest BCUT2D eigenvalue weighted by molar-refractivity contribution is -0.704. The second-order valence-corrected chi connectivity index (χ2v) is 4.88. The largest absolute Gasteiger partial charge is 0.507 e. The summed E-state index contributed by atoms with van der Waals surface area (Å²) in [5, 5.41) is 14.8. The van der Waals surface area contributed by atoms with Crippen molar-refractivity contribution in [3.63, 3.8) is 0 Å². The molecule has 0 amide bonds. The maximum atomic E-state index is 10.1. The van der Waals surface area contributed by atoms with E-state index in [-0.39, 0.29) is 0 Å². The lowest BCUT2D eigenvalue weighted by Gasteiger charge is -2.21. The zero-order chi connectivity index (χ0) is 11.7. The number of aromatic hydroxyl groups is 1. The van der Waals surface area contributed by atoms with Crippen LogP contribution < -0.4 is 5.32 Å². The van der Waals surface area contributed by atoms with Crippen LogP contribution in [0.15, 0.2) is 36.4 Å². The van der Waals surface area contributed by atoms with Gasteiger partial charge < -0.3 is 10.4 Å². The van der Waals surface area contributed by atoms with Crippen molar-refractivity contribution < 1.29 is 10.4 Å². The van der Waals surface area contributed by atoms with Crippen LogP contribution >= 0.6 is 0 Å². The van der Waals surface area contributed by atoms with E-state index >= 15 is 0 Å². The van der Waals surface area contributed by atoms with Crippen LogP contribution in [0.4, 0.5) is 0 Å². The fraction of sp³-hybridized carbons (Fsp3) is 0.333. The Kier molecular flexibility index (Phi) is 2.73. The van der Waals surface area contributed by atoms with Crippen molar-refractivity contribution in [2.75, 3.05) is 6.54 Å². The van der Waals surface area contributed by atoms with Crippen LogP contribution in [0.3, 0.4) is 0 Å². The summed E-state index contributed by atoms with van der Waals surface area (Å²) < 4.78 is 0. The molecule has 2 nitrogen and oxygen atoms in total. The minimum atomic E-state index is 0.438. The van der Waals surface area contributed by atoms with E-state index in [0.29, 0.717) is 11.8 Å². The van der Waals surface area contributed by atoms with E-state index in [4.69, 9.17) is 0 Å². The average Bonchev–Trinajstić information content (AvgIpc) is 2.39. The molecule has 1 aliphatic rings. The van der Waals surface area contributed by atoms with Gasteiger partial charge in [0.1, 0.15) is 11.8 Å². The summed E-state index contributed by atoms with van der Waals surface area (Å²) in [6.07, 6.45) is 3.74. The Balaban J connectivity index is 2.06. The normalized spacial score (nSPS) is 20.6. The molecule has 1 fully saturated rings. The number of fused-ring (bicyclic) bond motifs is 1. The van der Waals surface area contributed by atoms with Gasteiger partial charge in [-0.3, -0.25) is 0 Å². The number of hydrogen-bond acceptors (Lipinski definition) is 1. The Labute approximate surface area is 101 Å².